The second-order valence-electron chi connectivity index (χ2n) is 4.44. The molecule has 1 saturated heterocycles. The Labute approximate surface area is 91.6 Å². The maximum atomic E-state index is 10.5. The SMILES string of the molecule is CCN1CC(C)CNCC1CCC(=O)O. The lowest BCUT2D eigenvalue weighted by Crippen LogP contribution is -2.40. The molecule has 4 heteroatoms. The average Bonchev–Trinajstić information content (AvgIpc) is 2.36. The molecule has 1 fully saturated rings. The summed E-state index contributed by atoms with van der Waals surface area (Å²) in [5.41, 5.74) is 0. The van der Waals surface area contributed by atoms with Crippen molar-refractivity contribution in [1.29, 1.82) is 0 Å². The zero-order valence-corrected chi connectivity index (χ0v) is 9.70. The number of carboxylic acid groups (broad SMARTS) is 1. The highest BCUT2D eigenvalue weighted by Crippen LogP contribution is 2.12. The van der Waals surface area contributed by atoms with Crippen molar-refractivity contribution in [2.45, 2.75) is 32.7 Å². The van der Waals surface area contributed by atoms with Crippen molar-refractivity contribution in [3.05, 3.63) is 0 Å². The standard InChI is InChI=1S/C11H22N2O2/c1-3-13-8-9(2)6-12-7-10(13)4-5-11(14)15/h9-10,12H,3-8H2,1-2H3,(H,14,15). The van der Waals surface area contributed by atoms with E-state index in [1.807, 2.05) is 0 Å². The number of carboxylic acids is 1. The van der Waals surface area contributed by atoms with Gasteiger partial charge in [-0.05, 0) is 25.4 Å². The van der Waals surface area contributed by atoms with Gasteiger partial charge in [0.05, 0.1) is 0 Å². The van der Waals surface area contributed by atoms with E-state index in [-0.39, 0.29) is 6.42 Å². The summed E-state index contributed by atoms with van der Waals surface area (Å²) in [6.07, 6.45) is 1.03. The van der Waals surface area contributed by atoms with Crippen LogP contribution >= 0.6 is 0 Å². The summed E-state index contributed by atoms with van der Waals surface area (Å²) in [4.78, 5) is 12.9. The van der Waals surface area contributed by atoms with E-state index in [0.29, 0.717) is 12.0 Å². The third kappa shape index (κ3) is 4.18. The van der Waals surface area contributed by atoms with Crippen LogP contribution in [0.3, 0.4) is 0 Å². The Balaban J connectivity index is 2.47. The minimum atomic E-state index is -0.691. The molecule has 0 bridgehead atoms. The van der Waals surface area contributed by atoms with E-state index >= 15 is 0 Å². The van der Waals surface area contributed by atoms with Crippen LogP contribution in [0.25, 0.3) is 0 Å². The van der Waals surface area contributed by atoms with Crippen molar-refractivity contribution in [2.24, 2.45) is 5.92 Å². The Kier molecular flexibility index (Phi) is 5.05. The van der Waals surface area contributed by atoms with E-state index in [1.54, 1.807) is 0 Å². The number of rotatable bonds is 4. The molecule has 2 atom stereocenters. The fourth-order valence-electron chi connectivity index (χ4n) is 2.20. The molecular formula is C11H22N2O2. The lowest BCUT2D eigenvalue weighted by molar-refractivity contribution is -0.137. The number of nitrogens with one attached hydrogen (secondary N) is 1. The van der Waals surface area contributed by atoms with Crippen LogP contribution in [0.2, 0.25) is 0 Å². The van der Waals surface area contributed by atoms with Crippen LogP contribution in [-0.2, 0) is 4.79 Å². The van der Waals surface area contributed by atoms with E-state index in [9.17, 15) is 4.79 Å². The Hall–Kier alpha value is -0.610. The first-order valence-electron chi connectivity index (χ1n) is 5.80. The van der Waals surface area contributed by atoms with Gasteiger partial charge < -0.3 is 10.4 Å². The highest BCUT2D eigenvalue weighted by Gasteiger charge is 2.22. The topological polar surface area (TPSA) is 52.6 Å². The summed E-state index contributed by atoms with van der Waals surface area (Å²) in [7, 11) is 0. The van der Waals surface area contributed by atoms with Crippen LogP contribution in [0.5, 0.6) is 0 Å². The number of hydrogen-bond acceptors (Lipinski definition) is 3. The van der Waals surface area contributed by atoms with Crippen LogP contribution in [0.1, 0.15) is 26.7 Å². The first-order valence-corrected chi connectivity index (χ1v) is 5.80. The van der Waals surface area contributed by atoms with Gasteiger partial charge in [0.15, 0.2) is 0 Å². The van der Waals surface area contributed by atoms with Crippen molar-refractivity contribution >= 4 is 5.97 Å². The van der Waals surface area contributed by atoms with Crippen LogP contribution in [0.15, 0.2) is 0 Å². The van der Waals surface area contributed by atoms with Gasteiger partial charge in [0.1, 0.15) is 0 Å². The minimum Gasteiger partial charge on any atom is -0.481 e. The maximum absolute atomic E-state index is 10.5. The summed E-state index contributed by atoms with van der Waals surface area (Å²) in [6.45, 7) is 8.43. The third-order valence-electron chi connectivity index (χ3n) is 3.03. The van der Waals surface area contributed by atoms with Crippen LogP contribution in [-0.4, -0.2) is 48.2 Å². The highest BCUT2D eigenvalue weighted by molar-refractivity contribution is 5.66. The van der Waals surface area contributed by atoms with Crippen LogP contribution in [0, 0.1) is 5.92 Å². The van der Waals surface area contributed by atoms with Gasteiger partial charge in [-0.2, -0.15) is 0 Å². The summed E-state index contributed by atoms with van der Waals surface area (Å²) < 4.78 is 0. The van der Waals surface area contributed by atoms with Crippen molar-refractivity contribution in [1.82, 2.24) is 10.2 Å². The molecule has 1 aliphatic heterocycles. The van der Waals surface area contributed by atoms with E-state index in [2.05, 4.69) is 24.1 Å². The van der Waals surface area contributed by atoms with Gasteiger partial charge >= 0.3 is 5.97 Å². The lowest BCUT2D eigenvalue weighted by atomic mass is 10.1. The molecular weight excluding hydrogens is 192 g/mol. The Morgan fingerprint density at radius 1 is 1.53 bits per heavy atom. The first-order chi connectivity index (χ1) is 7.13. The second kappa shape index (κ2) is 6.08. The summed E-state index contributed by atoms with van der Waals surface area (Å²) in [6, 6.07) is 0.385. The molecule has 1 heterocycles. The van der Waals surface area contributed by atoms with Crippen molar-refractivity contribution < 1.29 is 9.90 Å². The largest absolute Gasteiger partial charge is 0.481 e. The minimum absolute atomic E-state index is 0.275. The van der Waals surface area contributed by atoms with Gasteiger partial charge in [-0.15, -0.1) is 0 Å². The number of carbonyl (C=O) groups is 1. The molecule has 0 aromatic heterocycles. The Bertz CT molecular complexity index is 209. The normalized spacial score (nSPS) is 28.7. The van der Waals surface area contributed by atoms with Gasteiger partial charge in [0.2, 0.25) is 0 Å². The molecule has 15 heavy (non-hydrogen) atoms. The van der Waals surface area contributed by atoms with Crippen LogP contribution in [0.4, 0.5) is 0 Å². The van der Waals surface area contributed by atoms with Gasteiger partial charge in [-0.25, -0.2) is 0 Å². The number of nitrogens with zero attached hydrogens (tertiary/aromatic N) is 1. The molecule has 0 radical (unpaired) electrons. The zero-order chi connectivity index (χ0) is 11.3. The van der Waals surface area contributed by atoms with Crippen molar-refractivity contribution in [2.75, 3.05) is 26.2 Å². The fourth-order valence-corrected chi connectivity index (χ4v) is 2.20. The molecule has 0 amide bonds. The molecule has 1 aliphatic rings. The van der Waals surface area contributed by atoms with E-state index in [0.717, 1.165) is 32.6 Å². The van der Waals surface area contributed by atoms with E-state index < -0.39 is 5.97 Å². The van der Waals surface area contributed by atoms with E-state index in [1.165, 1.54) is 0 Å². The molecule has 0 aromatic carbocycles. The molecule has 88 valence electrons. The quantitative estimate of drug-likeness (QED) is 0.726. The molecule has 0 aromatic rings. The van der Waals surface area contributed by atoms with Gasteiger partial charge in [0, 0.05) is 25.6 Å². The van der Waals surface area contributed by atoms with Gasteiger partial charge in [0.25, 0.3) is 0 Å². The number of hydrogen-bond donors (Lipinski definition) is 2. The van der Waals surface area contributed by atoms with Crippen molar-refractivity contribution in [3.8, 4) is 0 Å². The van der Waals surface area contributed by atoms with E-state index in [4.69, 9.17) is 5.11 Å². The van der Waals surface area contributed by atoms with Gasteiger partial charge in [-0.1, -0.05) is 13.8 Å². The summed E-state index contributed by atoms with van der Waals surface area (Å²) in [5.74, 6) is -0.0388. The maximum Gasteiger partial charge on any atom is 0.303 e. The predicted molar refractivity (Wildman–Crippen MR) is 59.9 cm³/mol. The zero-order valence-electron chi connectivity index (χ0n) is 9.70. The molecule has 0 saturated carbocycles. The Morgan fingerprint density at radius 2 is 2.27 bits per heavy atom. The number of aliphatic carboxylic acids is 1. The predicted octanol–water partition coefficient (Wildman–Crippen LogP) is 0.781. The third-order valence-corrected chi connectivity index (χ3v) is 3.03. The molecule has 0 aliphatic carbocycles. The molecule has 0 spiro atoms. The first kappa shape index (κ1) is 12.5. The Morgan fingerprint density at radius 3 is 2.87 bits per heavy atom. The monoisotopic (exact) mass is 214 g/mol. The molecule has 4 nitrogen and oxygen atoms in total. The summed E-state index contributed by atoms with van der Waals surface area (Å²) >= 11 is 0. The fraction of sp³-hybridized carbons (Fsp3) is 0.909. The molecule has 1 rings (SSSR count). The number of likely N-dealkylation sites (N-methyl/N-ethyl adjacent to an activating group) is 1. The smallest absolute Gasteiger partial charge is 0.303 e. The molecule has 2 unspecified atom stereocenters. The second-order valence-corrected chi connectivity index (χ2v) is 4.44. The highest BCUT2D eigenvalue weighted by atomic mass is 16.4. The van der Waals surface area contributed by atoms with Crippen molar-refractivity contribution in [3.63, 3.8) is 0 Å². The summed E-state index contributed by atoms with van der Waals surface area (Å²) in [5, 5.41) is 12.1. The average molecular weight is 214 g/mol. The van der Waals surface area contributed by atoms with Crippen LogP contribution < -0.4 is 5.32 Å². The lowest BCUT2D eigenvalue weighted by Gasteiger charge is -2.29. The molecule has 2 N–H and O–H groups in total. The van der Waals surface area contributed by atoms with Gasteiger partial charge in [-0.3, -0.25) is 9.69 Å².